The van der Waals surface area contributed by atoms with Crippen molar-refractivity contribution in [3.05, 3.63) is 29.8 Å². The topological polar surface area (TPSA) is 98.7 Å². The maximum atomic E-state index is 12.8. The third-order valence-corrected chi connectivity index (χ3v) is 2.11. The first-order valence-electron chi connectivity index (χ1n) is 5.30. The predicted molar refractivity (Wildman–Crippen MR) is 61.6 cm³/mol. The second kappa shape index (κ2) is 6.64. The number of anilines is 1. The highest BCUT2D eigenvalue weighted by Crippen LogP contribution is 2.12. The maximum absolute atomic E-state index is 12.8. The van der Waals surface area contributed by atoms with Gasteiger partial charge < -0.3 is 20.8 Å². The quantitative estimate of drug-likeness (QED) is 0.641. The number of hydrogen-bond donors (Lipinski definition) is 4. The van der Waals surface area contributed by atoms with Gasteiger partial charge in [0.15, 0.2) is 6.10 Å². The van der Waals surface area contributed by atoms with E-state index < -0.39 is 29.7 Å². The Bertz CT molecular complexity index is 462. The van der Waals surface area contributed by atoms with Gasteiger partial charge in [0.2, 0.25) is 0 Å². The van der Waals surface area contributed by atoms with Crippen LogP contribution in [0.15, 0.2) is 18.2 Å². The molecular formula is C11H12F2N2O4. The number of aliphatic hydroxyl groups excluding tert-OH is 1. The van der Waals surface area contributed by atoms with E-state index in [0.29, 0.717) is 6.07 Å². The van der Waals surface area contributed by atoms with Crippen LogP contribution in [0.25, 0.3) is 0 Å². The van der Waals surface area contributed by atoms with E-state index in [1.807, 2.05) is 0 Å². The third kappa shape index (κ3) is 5.30. The summed E-state index contributed by atoms with van der Waals surface area (Å²) in [6.45, 7) is -0.100. The Morgan fingerprint density at radius 1 is 1.21 bits per heavy atom. The van der Waals surface area contributed by atoms with Gasteiger partial charge in [0.05, 0.1) is 0 Å². The van der Waals surface area contributed by atoms with Crippen molar-refractivity contribution in [2.24, 2.45) is 0 Å². The van der Waals surface area contributed by atoms with E-state index in [-0.39, 0.29) is 18.7 Å². The summed E-state index contributed by atoms with van der Waals surface area (Å²) >= 11 is 0. The van der Waals surface area contributed by atoms with Gasteiger partial charge in [0.25, 0.3) is 0 Å². The molecule has 6 nitrogen and oxygen atoms in total. The minimum Gasteiger partial charge on any atom is -0.479 e. The molecule has 104 valence electrons. The number of nitrogens with one attached hydrogen (secondary N) is 2. The molecule has 8 heteroatoms. The lowest BCUT2D eigenvalue weighted by molar-refractivity contribution is -0.146. The minimum absolute atomic E-state index is 0.0752. The number of carbonyl (C=O) groups is 2. The molecular weight excluding hydrogens is 262 g/mol. The van der Waals surface area contributed by atoms with Crippen LogP contribution in [0.4, 0.5) is 19.3 Å². The summed E-state index contributed by atoms with van der Waals surface area (Å²) in [5.74, 6) is -3.07. The highest BCUT2D eigenvalue weighted by Gasteiger charge is 2.13. The van der Waals surface area contributed by atoms with Crippen molar-refractivity contribution in [3.8, 4) is 0 Å². The Morgan fingerprint density at radius 3 is 2.32 bits per heavy atom. The molecule has 1 unspecified atom stereocenters. The van der Waals surface area contributed by atoms with Gasteiger partial charge in [-0.2, -0.15) is 0 Å². The van der Waals surface area contributed by atoms with E-state index in [1.165, 1.54) is 0 Å². The molecule has 4 N–H and O–H groups in total. The Hall–Kier alpha value is -2.22. The van der Waals surface area contributed by atoms with Gasteiger partial charge in [0.1, 0.15) is 11.6 Å². The molecule has 0 bridgehead atoms. The molecule has 19 heavy (non-hydrogen) atoms. The molecule has 0 aliphatic rings. The Morgan fingerprint density at radius 2 is 1.79 bits per heavy atom. The van der Waals surface area contributed by atoms with Crippen molar-refractivity contribution < 1.29 is 28.6 Å². The van der Waals surface area contributed by atoms with E-state index in [1.54, 1.807) is 0 Å². The number of urea groups is 1. The monoisotopic (exact) mass is 274 g/mol. The second-order valence-corrected chi connectivity index (χ2v) is 3.68. The zero-order chi connectivity index (χ0) is 14.4. The molecule has 0 saturated heterocycles. The normalized spacial score (nSPS) is 11.7. The van der Waals surface area contributed by atoms with Crippen LogP contribution in [0.2, 0.25) is 0 Å². The van der Waals surface area contributed by atoms with Gasteiger partial charge in [-0.3, -0.25) is 0 Å². The lowest BCUT2D eigenvalue weighted by Crippen LogP contribution is -2.33. The van der Waals surface area contributed by atoms with Crippen molar-refractivity contribution in [2.75, 3.05) is 11.9 Å². The molecule has 0 aliphatic carbocycles. The van der Waals surface area contributed by atoms with Gasteiger partial charge in [0, 0.05) is 24.7 Å². The number of aliphatic carboxylic acids is 1. The number of benzene rings is 1. The fourth-order valence-electron chi connectivity index (χ4n) is 1.25. The van der Waals surface area contributed by atoms with Gasteiger partial charge >= 0.3 is 12.0 Å². The number of hydrogen-bond acceptors (Lipinski definition) is 3. The largest absolute Gasteiger partial charge is 0.479 e. The van der Waals surface area contributed by atoms with Gasteiger partial charge in [-0.25, -0.2) is 18.4 Å². The highest BCUT2D eigenvalue weighted by atomic mass is 19.1. The molecule has 1 atom stereocenters. The van der Waals surface area contributed by atoms with E-state index in [0.717, 1.165) is 12.1 Å². The second-order valence-electron chi connectivity index (χ2n) is 3.68. The molecule has 0 fully saturated rings. The number of halogens is 2. The number of carboxylic acid groups (broad SMARTS) is 1. The third-order valence-electron chi connectivity index (χ3n) is 2.11. The van der Waals surface area contributed by atoms with Crippen molar-refractivity contribution in [1.29, 1.82) is 0 Å². The minimum atomic E-state index is -1.58. The fourth-order valence-corrected chi connectivity index (χ4v) is 1.25. The average molecular weight is 274 g/mol. The summed E-state index contributed by atoms with van der Waals surface area (Å²) in [6.07, 6.45) is -1.76. The number of amides is 2. The molecule has 0 aromatic heterocycles. The first kappa shape index (κ1) is 14.8. The standard InChI is InChI=1S/C11H12F2N2O4/c12-6-3-7(13)5-8(4-6)15-11(19)14-2-1-9(16)10(17)18/h3-5,9,16H,1-2H2,(H,17,18)(H2,14,15,19). The van der Waals surface area contributed by atoms with Crippen LogP contribution >= 0.6 is 0 Å². The summed E-state index contributed by atoms with van der Waals surface area (Å²) in [5, 5.41) is 21.7. The average Bonchev–Trinajstić information content (AvgIpc) is 2.26. The van der Waals surface area contributed by atoms with E-state index >= 15 is 0 Å². The lowest BCUT2D eigenvalue weighted by atomic mass is 10.2. The maximum Gasteiger partial charge on any atom is 0.332 e. The first-order valence-corrected chi connectivity index (χ1v) is 5.30. The highest BCUT2D eigenvalue weighted by molar-refractivity contribution is 5.89. The van der Waals surface area contributed by atoms with Crippen molar-refractivity contribution in [1.82, 2.24) is 5.32 Å². The zero-order valence-corrected chi connectivity index (χ0v) is 9.69. The van der Waals surface area contributed by atoms with Crippen LogP contribution in [0.5, 0.6) is 0 Å². The molecule has 1 rings (SSSR count). The molecule has 0 saturated carbocycles. The number of aliphatic hydroxyl groups is 1. The van der Waals surface area contributed by atoms with Gasteiger partial charge in [-0.1, -0.05) is 0 Å². The van der Waals surface area contributed by atoms with E-state index in [9.17, 15) is 18.4 Å². The van der Waals surface area contributed by atoms with Gasteiger partial charge in [-0.15, -0.1) is 0 Å². The van der Waals surface area contributed by atoms with Crippen LogP contribution < -0.4 is 10.6 Å². The van der Waals surface area contributed by atoms with E-state index in [2.05, 4.69) is 10.6 Å². The van der Waals surface area contributed by atoms with Crippen LogP contribution in [0.3, 0.4) is 0 Å². The molecule has 0 heterocycles. The predicted octanol–water partition coefficient (Wildman–Crippen LogP) is 0.922. The van der Waals surface area contributed by atoms with Crippen LogP contribution in [-0.2, 0) is 4.79 Å². The molecule has 1 aromatic carbocycles. The molecule has 0 radical (unpaired) electrons. The number of carboxylic acids is 1. The SMILES string of the molecule is O=C(NCCC(O)C(=O)O)Nc1cc(F)cc(F)c1. The van der Waals surface area contributed by atoms with Crippen molar-refractivity contribution in [2.45, 2.75) is 12.5 Å². The van der Waals surface area contributed by atoms with Crippen molar-refractivity contribution in [3.63, 3.8) is 0 Å². The van der Waals surface area contributed by atoms with Crippen LogP contribution in [-0.4, -0.2) is 34.9 Å². The van der Waals surface area contributed by atoms with Crippen molar-refractivity contribution >= 4 is 17.7 Å². The summed E-state index contributed by atoms with van der Waals surface area (Å²) in [6, 6.07) is 1.75. The summed E-state index contributed by atoms with van der Waals surface area (Å²) < 4.78 is 25.6. The Kier molecular flexibility index (Phi) is 5.19. The summed E-state index contributed by atoms with van der Waals surface area (Å²) in [4.78, 5) is 21.6. The van der Waals surface area contributed by atoms with Crippen LogP contribution in [0, 0.1) is 11.6 Å². The fraction of sp³-hybridized carbons (Fsp3) is 0.273. The number of carbonyl (C=O) groups excluding carboxylic acids is 1. The molecule has 0 spiro atoms. The van der Waals surface area contributed by atoms with E-state index in [4.69, 9.17) is 10.2 Å². The summed E-state index contributed by atoms with van der Waals surface area (Å²) in [5.41, 5.74) is -0.0752. The lowest BCUT2D eigenvalue weighted by Gasteiger charge is -2.09. The molecule has 1 aromatic rings. The zero-order valence-electron chi connectivity index (χ0n) is 9.69. The molecule has 0 aliphatic heterocycles. The Balaban J connectivity index is 2.41. The summed E-state index contributed by atoms with van der Waals surface area (Å²) in [7, 11) is 0. The molecule has 2 amide bonds. The Labute approximate surface area is 107 Å². The smallest absolute Gasteiger partial charge is 0.332 e. The number of rotatable bonds is 5. The van der Waals surface area contributed by atoms with Crippen LogP contribution in [0.1, 0.15) is 6.42 Å². The first-order chi connectivity index (χ1) is 8.88. The van der Waals surface area contributed by atoms with Gasteiger partial charge in [-0.05, 0) is 12.1 Å².